The standard InChI is InChI=1S/C20H17F3N4O2S/c1-2-9-27-18(11-29-15-6-3-13(21)4-7-15)25-26-20(27)30-12-19(28)24-17-8-5-14(22)10-16(17)23/h2-8,10H,1,9,11-12H2,(H,24,28). The van der Waals surface area contributed by atoms with Gasteiger partial charge in [-0.15, -0.1) is 16.8 Å². The third kappa shape index (κ3) is 5.63. The molecule has 6 nitrogen and oxygen atoms in total. The number of hydrogen-bond acceptors (Lipinski definition) is 5. The van der Waals surface area contributed by atoms with Crippen molar-refractivity contribution in [1.82, 2.24) is 14.8 Å². The molecule has 0 fully saturated rings. The van der Waals surface area contributed by atoms with Gasteiger partial charge in [-0.05, 0) is 36.4 Å². The molecule has 1 aromatic heterocycles. The molecule has 0 spiro atoms. The fourth-order valence-corrected chi connectivity index (χ4v) is 3.20. The first kappa shape index (κ1) is 21.4. The Balaban J connectivity index is 1.61. The first-order valence-electron chi connectivity index (χ1n) is 8.75. The van der Waals surface area contributed by atoms with Crippen LogP contribution in [-0.4, -0.2) is 26.4 Å². The molecule has 30 heavy (non-hydrogen) atoms. The average molecular weight is 434 g/mol. The van der Waals surface area contributed by atoms with Gasteiger partial charge in [0.15, 0.2) is 11.0 Å². The third-order valence-electron chi connectivity index (χ3n) is 3.82. The van der Waals surface area contributed by atoms with E-state index in [1.807, 2.05) is 0 Å². The maximum Gasteiger partial charge on any atom is 0.234 e. The molecule has 156 valence electrons. The number of carbonyl (C=O) groups excluding carboxylic acids is 1. The van der Waals surface area contributed by atoms with Gasteiger partial charge in [0.25, 0.3) is 0 Å². The van der Waals surface area contributed by atoms with Crippen LogP contribution in [0.15, 0.2) is 60.3 Å². The van der Waals surface area contributed by atoms with Crippen molar-refractivity contribution in [3.8, 4) is 5.75 Å². The lowest BCUT2D eigenvalue weighted by atomic mass is 10.3. The number of aromatic nitrogens is 3. The second-order valence-electron chi connectivity index (χ2n) is 6.00. The molecule has 0 aliphatic carbocycles. The van der Waals surface area contributed by atoms with Crippen LogP contribution >= 0.6 is 11.8 Å². The van der Waals surface area contributed by atoms with Crippen LogP contribution in [0, 0.1) is 17.5 Å². The Bertz CT molecular complexity index is 1040. The van der Waals surface area contributed by atoms with Gasteiger partial charge in [-0.3, -0.25) is 9.36 Å². The van der Waals surface area contributed by atoms with Gasteiger partial charge in [-0.1, -0.05) is 17.8 Å². The lowest BCUT2D eigenvalue weighted by Crippen LogP contribution is -2.16. The summed E-state index contributed by atoms with van der Waals surface area (Å²) < 4.78 is 46.9. The number of halogens is 3. The zero-order valence-corrected chi connectivity index (χ0v) is 16.5. The normalized spacial score (nSPS) is 10.6. The van der Waals surface area contributed by atoms with Gasteiger partial charge in [0.1, 0.15) is 29.8 Å². The minimum Gasteiger partial charge on any atom is -0.486 e. The van der Waals surface area contributed by atoms with Crippen LogP contribution in [0.2, 0.25) is 0 Å². The van der Waals surface area contributed by atoms with E-state index in [-0.39, 0.29) is 23.9 Å². The highest BCUT2D eigenvalue weighted by Crippen LogP contribution is 2.20. The number of rotatable bonds is 9. The van der Waals surface area contributed by atoms with Gasteiger partial charge in [0.2, 0.25) is 5.91 Å². The van der Waals surface area contributed by atoms with E-state index < -0.39 is 17.5 Å². The van der Waals surface area contributed by atoms with Gasteiger partial charge in [0.05, 0.1) is 11.4 Å². The average Bonchev–Trinajstić information content (AvgIpc) is 3.10. The molecule has 3 rings (SSSR count). The van der Waals surface area contributed by atoms with Crippen LogP contribution in [0.5, 0.6) is 5.75 Å². The summed E-state index contributed by atoms with van der Waals surface area (Å²) in [4.78, 5) is 12.1. The van der Waals surface area contributed by atoms with Crippen LogP contribution in [0.3, 0.4) is 0 Å². The summed E-state index contributed by atoms with van der Waals surface area (Å²) in [6, 6.07) is 8.46. The Labute approximate surface area is 174 Å². The summed E-state index contributed by atoms with van der Waals surface area (Å²) in [6.45, 7) is 4.16. The Morgan fingerprint density at radius 3 is 2.57 bits per heavy atom. The Kier molecular flexibility index (Phi) is 7.12. The van der Waals surface area contributed by atoms with Gasteiger partial charge in [-0.25, -0.2) is 13.2 Å². The number of ether oxygens (including phenoxy) is 1. The first-order chi connectivity index (χ1) is 14.5. The predicted molar refractivity (Wildman–Crippen MR) is 107 cm³/mol. The molecular formula is C20H17F3N4O2S. The summed E-state index contributed by atoms with van der Waals surface area (Å²) in [5, 5.41) is 10.9. The Morgan fingerprint density at radius 2 is 1.87 bits per heavy atom. The number of amides is 1. The van der Waals surface area contributed by atoms with Crippen LogP contribution in [0.1, 0.15) is 5.82 Å². The molecule has 0 saturated carbocycles. The first-order valence-corrected chi connectivity index (χ1v) is 9.74. The molecule has 0 bridgehead atoms. The van der Waals surface area contributed by atoms with Gasteiger partial charge >= 0.3 is 0 Å². The summed E-state index contributed by atoms with van der Waals surface area (Å²) in [5.74, 6) is -1.54. The quantitative estimate of drug-likeness (QED) is 0.404. The largest absolute Gasteiger partial charge is 0.486 e. The molecule has 0 unspecified atom stereocenters. The Morgan fingerprint density at radius 1 is 1.13 bits per heavy atom. The predicted octanol–water partition coefficient (Wildman–Crippen LogP) is 4.19. The van der Waals surface area contributed by atoms with E-state index in [0.29, 0.717) is 29.3 Å². The van der Waals surface area contributed by atoms with Crippen molar-refractivity contribution in [3.63, 3.8) is 0 Å². The zero-order chi connectivity index (χ0) is 21.5. The molecule has 2 aromatic carbocycles. The number of hydrogen-bond donors (Lipinski definition) is 1. The number of carbonyl (C=O) groups is 1. The number of benzene rings is 2. The smallest absolute Gasteiger partial charge is 0.234 e. The SMILES string of the molecule is C=CCn1c(COc2ccc(F)cc2)nnc1SCC(=O)Nc1ccc(F)cc1F. The van der Waals surface area contributed by atoms with Gasteiger partial charge < -0.3 is 10.1 Å². The highest BCUT2D eigenvalue weighted by Gasteiger charge is 2.15. The Hall–Kier alpha value is -3.27. The van der Waals surface area contributed by atoms with Crippen molar-refractivity contribution in [2.45, 2.75) is 18.3 Å². The van der Waals surface area contributed by atoms with Crippen LogP contribution in [-0.2, 0) is 17.9 Å². The fourth-order valence-electron chi connectivity index (χ4n) is 2.43. The minimum atomic E-state index is -0.858. The molecule has 0 saturated heterocycles. The molecule has 0 aliphatic heterocycles. The maximum atomic E-state index is 13.7. The van der Waals surface area contributed by atoms with E-state index in [1.165, 1.54) is 24.3 Å². The zero-order valence-electron chi connectivity index (χ0n) is 15.6. The lowest BCUT2D eigenvalue weighted by molar-refractivity contribution is -0.113. The molecular weight excluding hydrogens is 417 g/mol. The topological polar surface area (TPSA) is 69.0 Å². The number of allylic oxidation sites excluding steroid dienone is 1. The second-order valence-corrected chi connectivity index (χ2v) is 6.94. The molecule has 1 amide bonds. The van der Waals surface area contributed by atoms with Crippen molar-refractivity contribution in [3.05, 3.63) is 78.4 Å². The summed E-state index contributed by atoms with van der Waals surface area (Å²) >= 11 is 1.10. The monoisotopic (exact) mass is 434 g/mol. The maximum absolute atomic E-state index is 13.7. The second kappa shape index (κ2) is 9.97. The minimum absolute atomic E-state index is 0.0646. The van der Waals surface area contributed by atoms with Crippen LogP contribution in [0.25, 0.3) is 0 Å². The third-order valence-corrected chi connectivity index (χ3v) is 4.79. The van der Waals surface area contributed by atoms with E-state index >= 15 is 0 Å². The van der Waals surface area contributed by atoms with Gasteiger partial charge in [0, 0.05) is 12.6 Å². The van der Waals surface area contributed by atoms with Gasteiger partial charge in [-0.2, -0.15) is 0 Å². The summed E-state index contributed by atoms with van der Waals surface area (Å²) in [5.41, 5.74) is -0.108. The highest BCUT2D eigenvalue weighted by molar-refractivity contribution is 7.99. The molecule has 1 heterocycles. The molecule has 0 radical (unpaired) electrons. The van der Waals surface area contributed by atoms with Crippen molar-refractivity contribution in [2.24, 2.45) is 0 Å². The lowest BCUT2D eigenvalue weighted by Gasteiger charge is -2.09. The number of nitrogens with zero attached hydrogens (tertiary/aromatic N) is 3. The van der Waals surface area contributed by atoms with Crippen molar-refractivity contribution in [2.75, 3.05) is 11.1 Å². The van der Waals surface area contributed by atoms with E-state index in [4.69, 9.17) is 4.74 Å². The van der Waals surface area contributed by atoms with Crippen LogP contribution in [0.4, 0.5) is 18.9 Å². The van der Waals surface area contributed by atoms with Crippen molar-refractivity contribution >= 4 is 23.4 Å². The van der Waals surface area contributed by atoms with Crippen LogP contribution < -0.4 is 10.1 Å². The van der Waals surface area contributed by atoms with E-state index in [9.17, 15) is 18.0 Å². The molecule has 10 heteroatoms. The summed E-state index contributed by atoms with van der Waals surface area (Å²) in [6.07, 6.45) is 1.64. The highest BCUT2D eigenvalue weighted by atomic mass is 32.2. The molecule has 3 aromatic rings. The molecule has 0 atom stereocenters. The fraction of sp³-hybridized carbons (Fsp3) is 0.150. The summed E-state index contributed by atoms with van der Waals surface area (Å²) in [7, 11) is 0. The number of anilines is 1. The number of thioether (sulfide) groups is 1. The van der Waals surface area contributed by atoms with Crippen molar-refractivity contribution < 1.29 is 22.7 Å². The number of nitrogens with one attached hydrogen (secondary N) is 1. The molecule has 1 N–H and O–H groups in total. The van der Waals surface area contributed by atoms with E-state index in [2.05, 4.69) is 22.1 Å². The molecule has 0 aliphatic rings. The van der Waals surface area contributed by atoms with E-state index in [0.717, 1.165) is 23.9 Å². The van der Waals surface area contributed by atoms with Crippen molar-refractivity contribution in [1.29, 1.82) is 0 Å². The van der Waals surface area contributed by atoms with E-state index in [1.54, 1.807) is 10.6 Å².